The second-order valence-electron chi connectivity index (χ2n) is 4.96. The first kappa shape index (κ1) is 15.2. The number of nitrogens with one attached hydrogen (secondary N) is 1. The predicted molar refractivity (Wildman–Crippen MR) is 79.1 cm³/mol. The first-order chi connectivity index (χ1) is 10.2. The maximum atomic E-state index is 12.8. The number of benzene rings is 1. The zero-order chi connectivity index (χ0) is 15.1. The van der Waals surface area contributed by atoms with Gasteiger partial charge in [0, 0.05) is 18.7 Å². The van der Waals surface area contributed by atoms with Crippen LogP contribution in [0.5, 0.6) is 0 Å². The Morgan fingerprint density at radius 2 is 1.76 bits per heavy atom. The molecular formula is C17H20FN2O+. The third kappa shape index (κ3) is 4.99. The average molecular weight is 287 g/mol. The van der Waals surface area contributed by atoms with Crippen molar-refractivity contribution in [3.05, 3.63) is 65.7 Å². The van der Waals surface area contributed by atoms with Crippen LogP contribution in [0.15, 0.2) is 48.8 Å². The molecule has 0 aliphatic rings. The van der Waals surface area contributed by atoms with E-state index in [2.05, 4.69) is 12.2 Å². The average Bonchev–Trinajstić information content (AvgIpc) is 2.50. The smallest absolute Gasteiger partial charge is 0.285 e. The Morgan fingerprint density at radius 1 is 1.10 bits per heavy atom. The lowest BCUT2D eigenvalue weighted by Crippen LogP contribution is -2.42. The van der Waals surface area contributed by atoms with E-state index in [1.807, 2.05) is 29.1 Å². The van der Waals surface area contributed by atoms with Gasteiger partial charge < -0.3 is 5.32 Å². The van der Waals surface area contributed by atoms with Gasteiger partial charge in [-0.1, -0.05) is 19.1 Å². The number of aromatic nitrogens is 1. The van der Waals surface area contributed by atoms with Crippen molar-refractivity contribution in [2.24, 2.45) is 0 Å². The summed E-state index contributed by atoms with van der Waals surface area (Å²) in [6.07, 6.45) is 5.52. The molecule has 0 unspecified atom stereocenters. The number of nitrogens with zero attached hydrogens (tertiary/aromatic N) is 1. The third-order valence-corrected chi connectivity index (χ3v) is 3.34. The highest BCUT2D eigenvalue weighted by molar-refractivity contribution is 5.74. The molecule has 1 N–H and O–H groups in total. The Hall–Kier alpha value is -2.23. The van der Waals surface area contributed by atoms with Crippen LogP contribution in [0.25, 0.3) is 0 Å². The molecule has 2 rings (SSSR count). The molecule has 0 atom stereocenters. The molecule has 0 radical (unpaired) electrons. The monoisotopic (exact) mass is 287 g/mol. The van der Waals surface area contributed by atoms with Crippen LogP contribution in [0, 0.1) is 5.82 Å². The van der Waals surface area contributed by atoms with Crippen LogP contribution in [-0.4, -0.2) is 12.5 Å². The van der Waals surface area contributed by atoms with Crippen molar-refractivity contribution >= 4 is 5.91 Å². The number of pyridine rings is 1. The van der Waals surface area contributed by atoms with Crippen molar-refractivity contribution in [2.45, 2.75) is 26.3 Å². The fourth-order valence-electron chi connectivity index (χ4n) is 2.05. The third-order valence-electron chi connectivity index (χ3n) is 3.34. The van der Waals surface area contributed by atoms with Crippen molar-refractivity contribution in [1.29, 1.82) is 0 Å². The zero-order valence-electron chi connectivity index (χ0n) is 12.2. The van der Waals surface area contributed by atoms with Gasteiger partial charge in [-0.3, -0.25) is 4.79 Å². The number of hydrogen-bond acceptors (Lipinski definition) is 1. The molecule has 0 bridgehead atoms. The minimum atomic E-state index is -0.241. The fourth-order valence-corrected chi connectivity index (χ4v) is 2.05. The fraction of sp³-hybridized carbons (Fsp3) is 0.294. The summed E-state index contributed by atoms with van der Waals surface area (Å²) in [7, 11) is 0. The quantitative estimate of drug-likeness (QED) is 0.810. The number of aryl methyl sites for hydroxylation is 1. The van der Waals surface area contributed by atoms with Crippen LogP contribution in [0.2, 0.25) is 0 Å². The lowest BCUT2D eigenvalue weighted by Gasteiger charge is -2.04. The summed E-state index contributed by atoms with van der Waals surface area (Å²) in [5.41, 5.74) is 2.26. The van der Waals surface area contributed by atoms with E-state index >= 15 is 0 Å². The summed E-state index contributed by atoms with van der Waals surface area (Å²) < 4.78 is 14.6. The van der Waals surface area contributed by atoms with E-state index in [1.54, 1.807) is 12.1 Å². The van der Waals surface area contributed by atoms with Crippen LogP contribution in [0.1, 0.15) is 18.1 Å². The molecule has 0 aliphatic carbocycles. The second-order valence-corrected chi connectivity index (χ2v) is 4.96. The van der Waals surface area contributed by atoms with Crippen molar-refractivity contribution in [3.63, 3.8) is 0 Å². The Morgan fingerprint density at radius 3 is 2.38 bits per heavy atom. The highest BCUT2D eigenvalue weighted by Crippen LogP contribution is 2.02. The lowest BCUT2D eigenvalue weighted by atomic mass is 10.1. The lowest BCUT2D eigenvalue weighted by molar-refractivity contribution is -0.684. The molecule has 0 fully saturated rings. The van der Waals surface area contributed by atoms with Crippen molar-refractivity contribution in [3.8, 4) is 0 Å². The first-order valence-electron chi connectivity index (χ1n) is 7.16. The molecular weight excluding hydrogens is 267 g/mol. The van der Waals surface area contributed by atoms with Crippen LogP contribution in [0.3, 0.4) is 0 Å². The van der Waals surface area contributed by atoms with E-state index in [4.69, 9.17) is 0 Å². The molecule has 1 amide bonds. The maximum Gasteiger partial charge on any atom is 0.285 e. The van der Waals surface area contributed by atoms with Gasteiger partial charge in [0.25, 0.3) is 5.91 Å². The van der Waals surface area contributed by atoms with Crippen LogP contribution >= 0.6 is 0 Å². The van der Waals surface area contributed by atoms with Crippen molar-refractivity contribution in [2.75, 3.05) is 6.54 Å². The summed E-state index contributed by atoms with van der Waals surface area (Å²) >= 11 is 0. The van der Waals surface area contributed by atoms with Gasteiger partial charge in [0.15, 0.2) is 12.4 Å². The van der Waals surface area contributed by atoms with Crippen LogP contribution in [-0.2, 0) is 24.2 Å². The summed E-state index contributed by atoms with van der Waals surface area (Å²) in [6.45, 7) is 2.97. The number of halogens is 1. The molecule has 0 saturated heterocycles. The zero-order valence-corrected chi connectivity index (χ0v) is 12.2. The molecule has 110 valence electrons. The highest BCUT2D eigenvalue weighted by atomic mass is 19.1. The molecule has 21 heavy (non-hydrogen) atoms. The van der Waals surface area contributed by atoms with Crippen LogP contribution in [0.4, 0.5) is 4.39 Å². The molecule has 1 aromatic heterocycles. The minimum Gasteiger partial charge on any atom is -0.350 e. The van der Waals surface area contributed by atoms with Crippen LogP contribution < -0.4 is 9.88 Å². The topological polar surface area (TPSA) is 33.0 Å². The molecule has 1 aromatic carbocycles. The number of amides is 1. The van der Waals surface area contributed by atoms with E-state index in [0.717, 1.165) is 12.0 Å². The molecule has 3 nitrogen and oxygen atoms in total. The second kappa shape index (κ2) is 7.53. The van der Waals surface area contributed by atoms with Gasteiger partial charge in [-0.05, 0) is 36.1 Å². The maximum absolute atomic E-state index is 12.8. The Bertz CT molecular complexity index is 579. The summed E-state index contributed by atoms with van der Waals surface area (Å²) in [5, 5.41) is 2.87. The van der Waals surface area contributed by atoms with Gasteiger partial charge in [-0.25, -0.2) is 4.39 Å². The highest BCUT2D eigenvalue weighted by Gasteiger charge is 2.08. The number of rotatable bonds is 6. The molecule has 4 heteroatoms. The van der Waals surface area contributed by atoms with E-state index in [9.17, 15) is 9.18 Å². The summed E-state index contributed by atoms with van der Waals surface area (Å²) in [4.78, 5) is 11.8. The molecule has 0 saturated carbocycles. The summed E-state index contributed by atoms with van der Waals surface area (Å²) in [6, 6.07) is 10.4. The van der Waals surface area contributed by atoms with E-state index < -0.39 is 0 Å². The largest absolute Gasteiger partial charge is 0.350 e. The minimum absolute atomic E-state index is 0.0219. The van der Waals surface area contributed by atoms with Gasteiger partial charge in [0.05, 0.1) is 0 Å². The van der Waals surface area contributed by atoms with E-state index in [0.29, 0.717) is 19.5 Å². The van der Waals surface area contributed by atoms with E-state index in [1.165, 1.54) is 17.7 Å². The Kier molecular flexibility index (Phi) is 5.43. The predicted octanol–water partition coefficient (Wildman–Crippen LogP) is 2.03. The van der Waals surface area contributed by atoms with Crippen molar-refractivity contribution < 1.29 is 13.8 Å². The van der Waals surface area contributed by atoms with Crippen molar-refractivity contribution in [1.82, 2.24) is 5.32 Å². The van der Waals surface area contributed by atoms with E-state index in [-0.39, 0.29) is 11.7 Å². The van der Waals surface area contributed by atoms with Gasteiger partial charge in [-0.15, -0.1) is 0 Å². The molecule has 0 spiro atoms. The molecule has 0 aliphatic heterocycles. The summed E-state index contributed by atoms with van der Waals surface area (Å²) in [5.74, 6) is -0.263. The Balaban J connectivity index is 1.75. The number of carbonyl (C=O) groups is 1. The normalized spacial score (nSPS) is 10.4. The standard InChI is InChI=1S/C17H19FN2O/c1-2-14-8-11-20(12-9-14)13-17(21)19-10-7-15-3-5-16(18)6-4-15/h3-6,8-9,11-12H,2,7,10,13H2,1H3/p+1. The number of hydrogen-bond donors (Lipinski definition) is 1. The molecule has 2 aromatic rings. The SMILES string of the molecule is CCc1cc[n+](CC(=O)NCCc2ccc(F)cc2)cc1. The number of carbonyl (C=O) groups excluding carboxylic acids is 1. The van der Waals surface area contributed by atoms with Gasteiger partial charge in [-0.2, -0.15) is 4.57 Å². The van der Waals surface area contributed by atoms with Gasteiger partial charge in [0.2, 0.25) is 6.54 Å². The molecule has 1 heterocycles. The first-order valence-corrected chi connectivity index (χ1v) is 7.16. The Labute approximate surface area is 124 Å². The van der Waals surface area contributed by atoms with Gasteiger partial charge in [0.1, 0.15) is 5.82 Å². The van der Waals surface area contributed by atoms with Gasteiger partial charge >= 0.3 is 0 Å².